The molecule has 0 amide bonds. The average molecular weight is 203 g/mol. The highest BCUT2D eigenvalue weighted by Gasteiger charge is 2.22. The molecular weight excluding hydrogens is 182 g/mol. The van der Waals surface area contributed by atoms with Crippen LogP contribution in [0, 0.1) is 5.92 Å². The summed E-state index contributed by atoms with van der Waals surface area (Å²) in [6.07, 6.45) is 2.79. The fourth-order valence-corrected chi connectivity index (χ4v) is 1.83. The Balaban J connectivity index is 1.81. The summed E-state index contributed by atoms with van der Waals surface area (Å²) in [4.78, 5) is 0. The highest BCUT2D eigenvalue weighted by molar-refractivity contribution is 5.27. The first kappa shape index (κ1) is 10.7. The molecule has 1 aliphatic rings. The monoisotopic (exact) mass is 203 g/mol. The first-order valence-electron chi connectivity index (χ1n) is 6.05. The highest BCUT2D eigenvalue weighted by atomic mass is 14.8. The van der Waals surface area contributed by atoms with Gasteiger partial charge in [-0.25, -0.2) is 0 Å². The van der Waals surface area contributed by atoms with Gasteiger partial charge < -0.3 is 5.32 Å². The predicted octanol–water partition coefficient (Wildman–Crippen LogP) is 3.31. The summed E-state index contributed by atoms with van der Waals surface area (Å²) in [5.41, 5.74) is 2.93. The molecule has 0 spiro atoms. The predicted molar refractivity (Wildman–Crippen MR) is 65.0 cm³/mol. The zero-order valence-corrected chi connectivity index (χ0v) is 9.79. The van der Waals surface area contributed by atoms with E-state index in [1.807, 2.05) is 0 Å². The summed E-state index contributed by atoms with van der Waals surface area (Å²) in [5.74, 6) is 1.61. The van der Waals surface area contributed by atoms with E-state index in [-0.39, 0.29) is 0 Å². The third kappa shape index (κ3) is 3.35. The minimum absolute atomic E-state index is 0.732. The molecule has 15 heavy (non-hydrogen) atoms. The quantitative estimate of drug-likeness (QED) is 0.774. The van der Waals surface area contributed by atoms with E-state index in [2.05, 4.69) is 43.4 Å². The van der Waals surface area contributed by atoms with Crippen molar-refractivity contribution in [2.45, 2.75) is 39.2 Å². The number of nitrogens with one attached hydrogen (secondary N) is 1. The van der Waals surface area contributed by atoms with Gasteiger partial charge in [0.15, 0.2) is 0 Å². The largest absolute Gasteiger partial charge is 0.312 e. The molecule has 1 aromatic carbocycles. The van der Waals surface area contributed by atoms with Gasteiger partial charge in [0.25, 0.3) is 0 Å². The van der Waals surface area contributed by atoms with Crippen molar-refractivity contribution in [3.8, 4) is 0 Å². The first-order chi connectivity index (χ1) is 7.25. The normalized spacial score (nSPS) is 15.9. The van der Waals surface area contributed by atoms with Gasteiger partial charge in [0.05, 0.1) is 0 Å². The van der Waals surface area contributed by atoms with Crippen LogP contribution in [0.3, 0.4) is 0 Å². The second-order valence-electron chi connectivity index (χ2n) is 5.04. The Bertz CT molecular complexity index is 296. The van der Waals surface area contributed by atoms with E-state index in [0.717, 1.165) is 24.9 Å². The maximum Gasteiger partial charge on any atom is 0.0205 e. The van der Waals surface area contributed by atoms with Crippen molar-refractivity contribution in [2.75, 3.05) is 6.54 Å². The Hall–Kier alpha value is -0.820. The van der Waals surface area contributed by atoms with Crippen molar-refractivity contribution in [3.63, 3.8) is 0 Å². The molecule has 1 saturated carbocycles. The number of hydrogen-bond acceptors (Lipinski definition) is 1. The molecule has 1 aliphatic carbocycles. The summed E-state index contributed by atoms with van der Waals surface area (Å²) >= 11 is 0. The lowest BCUT2D eigenvalue weighted by Gasteiger charge is -2.07. The molecule has 1 nitrogen and oxygen atoms in total. The molecule has 0 bridgehead atoms. The maximum atomic E-state index is 3.47. The standard InChI is InChI=1S/C14H21N/c1-11(2)9-15-10-12-3-5-13(6-4-12)14-7-8-14/h3-6,11,14-15H,7-10H2,1-2H3. The van der Waals surface area contributed by atoms with Crippen LogP contribution >= 0.6 is 0 Å². The van der Waals surface area contributed by atoms with Crippen LogP contribution in [-0.4, -0.2) is 6.54 Å². The smallest absolute Gasteiger partial charge is 0.0205 e. The molecule has 0 aliphatic heterocycles. The summed E-state index contributed by atoms with van der Waals surface area (Å²) < 4.78 is 0. The van der Waals surface area contributed by atoms with E-state index in [9.17, 15) is 0 Å². The Labute approximate surface area is 92.9 Å². The summed E-state index contributed by atoms with van der Waals surface area (Å²) in [7, 11) is 0. The van der Waals surface area contributed by atoms with Crippen LogP contribution in [0.2, 0.25) is 0 Å². The Morgan fingerprint density at radius 3 is 2.40 bits per heavy atom. The van der Waals surface area contributed by atoms with Gasteiger partial charge in [-0.1, -0.05) is 38.1 Å². The Morgan fingerprint density at radius 2 is 1.87 bits per heavy atom. The second kappa shape index (κ2) is 4.80. The van der Waals surface area contributed by atoms with Crippen molar-refractivity contribution in [1.82, 2.24) is 5.32 Å². The van der Waals surface area contributed by atoms with Crippen molar-refractivity contribution >= 4 is 0 Å². The van der Waals surface area contributed by atoms with Crippen molar-refractivity contribution in [1.29, 1.82) is 0 Å². The van der Waals surface area contributed by atoms with Crippen LogP contribution in [0.4, 0.5) is 0 Å². The third-order valence-corrected chi connectivity index (χ3v) is 2.91. The SMILES string of the molecule is CC(C)CNCc1ccc(C2CC2)cc1. The zero-order chi connectivity index (χ0) is 10.7. The van der Waals surface area contributed by atoms with E-state index in [1.54, 1.807) is 0 Å². The molecule has 1 aromatic rings. The van der Waals surface area contributed by atoms with Crippen LogP contribution in [0.5, 0.6) is 0 Å². The molecule has 82 valence electrons. The van der Waals surface area contributed by atoms with Gasteiger partial charge >= 0.3 is 0 Å². The zero-order valence-electron chi connectivity index (χ0n) is 9.79. The molecule has 0 unspecified atom stereocenters. The van der Waals surface area contributed by atoms with Crippen LogP contribution in [-0.2, 0) is 6.54 Å². The van der Waals surface area contributed by atoms with Gasteiger partial charge in [0, 0.05) is 6.54 Å². The Morgan fingerprint density at radius 1 is 1.20 bits per heavy atom. The van der Waals surface area contributed by atoms with Crippen molar-refractivity contribution in [3.05, 3.63) is 35.4 Å². The van der Waals surface area contributed by atoms with Crippen LogP contribution in [0.25, 0.3) is 0 Å². The van der Waals surface area contributed by atoms with Crippen molar-refractivity contribution < 1.29 is 0 Å². The molecule has 0 atom stereocenters. The van der Waals surface area contributed by atoms with Gasteiger partial charge in [-0.05, 0) is 42.3 Å². The molecule has 1 N–H and O–H groups in total. The molecule has 2 rings (SSSR count). The summed E-state index contributed by atoms with van der Waals surface area (Å²) in [5, 5.41) is 3.47. The van der Waals surface area contributed by atoms with Crippen LogP contribution < -0.4 is 5.32 Å². The topological polar surface area (TPSA) is 12.0 Å². The van der Waals surface area contributed by atoms with E-state index in [1.165, 1.54) is 24.0 Å². The van der Waals surface area contributed by atoms with Crippen LogP contribution in [0.1, 0.15) is 43.7 Å². The fraction of sp³-hybridized carbons (Fsp3) is 0.571. The highest BCUT2D eigenvalue weighted by Crippen LogP contribution is 2.39. The first-order valence-corrected chi connectivity index (χ1v) is 6.05. The van der Waals surface area contributed by atoms with Gasteiger partial charge in [-0.3, -0.25) is 0 Å². The fourth-order valence-electron chi connectivity index (χ4n) is 1.83. The van der Waals surface area contributed by atoms with Crippen LogP contribution in [0.15, 0.2) is 24.3 Å². The third-order valence-electron chi connectivity index (χ3n) is 2.91. The Kier molecular flexibility index (Phi) is 3.42. The second-order valence-corrected chi connectivity index (χ2v) is 5.04. The van der Waals surface area contributed by atoms with Gasteiger partial charge in [-0.15, -0.1) is 0 Å². The average Bonchev–Trinajstić information content (AvgIpc) is 3.02. The summed E-state index contributed by atoms with van der Waals surface area (Å²) in [6, 6.07) is 9.12. The minimum Gasteiger partial charge on any atom is -0.312 e. The lowest BCUT2D eigenvalue weighted by molar-refractivity contribution is 0.552. The van der Waals surface area contributed by atoms with E-state index in [4.69, 9.17) is 0 Å². The van der Waals surface area contributed by atoms with Gasteiger partial charge in [-0.2, -0.15) is 0 Å². The number of hydrogen-bond donors (Lipinski definition) is 1. The lowest BCUT2D eigenvalue weighted by Crippen LogP contribution is -2.18. The molecular formula is C14H21N. The van der Waals surface area contributed by atoms with E-state index >= 15 is 0 Å². The summed E-state index contributed by atoms with van der Waals surface area (Å²) in [6.45, 7) is 6.58. The van der Waals surface area contributed by atoms with Crippen molar-refractivity contribution in [2.24, 2.45) is 5.92 Å². The number of benzene rings is 1. The molecule has 0 saturated heterocycles. The van der Waals surface area contributed by atoms with E-state index < -0.39 is 0 Å². The molecule has 0 aromatic heterocycles. The molecule has 0 heterocycles. The lowest BCUT2D eigenvalue weighted by atomic mass is 10.1. The minimum atomic E-state index is 0.732. The molecule has 1 fully saturated rings. The molecule has 0 radical (unpaired) electrons. The van der Waals surface area contributed by atoms with Gasteiger partial charge in [0.1, 0.15) is 0 Å². The number of rotatable bonds is 5. The van der Waals surface area contributed by atoms with Gasteiger partial charge in [0.2, 0.25) is 0 Å². The molecule has 1 heteroatoms. The van der Waals surface area contributed by atoms with E-state index in [0.29, 0.717) is 0 Å². The maximum absolute atomic E-state index is 3.47.